The molecule has 1 nitrogen and oxygen atoms in total. The quantitative estimate of drug-likeness (QED) is 0.895. The van der Waals surface area contributed by atoms with E-state index >= 15 is 0 Å². The summed E-state index contributed by atoms with van der Waals surface area (Å²) in [6.45, 7) is 0.262. The van der Waals surface area contributed by atoms with E-state index in [9.17, 15) is 8.78 Å². The molecule has 4 heteroatoms. The van der Waals surface area contributed by atoms with E-state index in [1.807, 2.05) is 0 Å². The zero-order valence-corrected chi connectivity index (χ0v) is 10.5. The van der Waals surface area contributed by atoms with Gasteiger partial charge in [-0.15, -0.1) is 0 Å². The third-order valence-electron chi connectivity index (χ3n) is 2.51. The van der Waals surface area contributed by atoms with Gasteiger partial charge < -0.3 is 5.73 Å². The second kappa shape index (κ2) is 4.94. The van der Waals surface area contributed by atoms with Gasteiger partial charge in [0.15, 0.2) is 0 Å². The van der Waals surface area contributed by atoms with Crippen molar-refractivity contribution in [3.05, 3.63) is 58.1 Å². The summed E-state index contributed by atoms with van der Waals surface area (Å²) in [6, 6.07) is 9.35. The van der Waals surface area contributed by atoms with Crippen LogP contribution in [0.3, 0.4) is 0 Å². The summed E-state index contributed by atoms with van der Waals surface area (Å²) in [4.78, 5) is 0. The molecule has 88 valence electrons. The molecule has 0 heterocycles. The molecule has 2 rings (SSSR count). The van der Waals surface area contributed by atoms with Gasteiger partial charge in [0, 0.05) is 17.7 Å². The van der Waals surface area contributed by atoms with Crippen LogP contribution < -0.4 is 5.73 Å². The van der Waals surface area contributed by atoms with Gasteiger partial charge in [-0.05, 0) is 33.6 Å². The Bertz CT molecular complexity index is 555. The van der Waals surface area contributed by atoms with Crippen LogP contribution in [0.1, 0.15) is 5.56 Å². The molecule has 0 aliphatic heterocycles. The molecule has 0 saturated heterocycles. The van der Waals surface area contributed by atoms with Crippen LogP contribution in [0.15, 0.2) is 40.9 Å². The molecule has 0 spiro atoms. The highest BCUT2D eigenvalue weighted by molar-refractivity contribution is 9.10. The lowest BCUT2D eigenvalue weighted by atomic mass is 10.0. The number of benzene rings is 2. The van der Waals surface area contributed by atoms with E-state index in [-0.39, 0.29) is 17.7 Å². The zero-order chi connectivity index (χ0) is 12.4. The van der Waals surface area contributed by atoms with E-state index in [1.165, 1.54) is 6.07 Å². The molecule has 2 aromatic rings. The van der Waals surface area contributed by atoms with Crippen molar-refractivity contribution in [2.75, 3.05) is 0 Å². The molecule has 0 saturated carbocycles. The van der Waals surface area contributed by atoms with Crippen molar-refractivity contribution in [2.24, 2.45) is 5.73 Å². The van der Waals surface area contributed by atoms with Crippen molar-refractivity contribution in [3.8, 4) is 11.1 Å². The van der Waals surface area contributed by atoms with Gasteiger partial charge in [-0.1, -0.05) is 24.3 Å². The highest BCUT2D eigenvalue weighted by Gasteiger charge is 2.12. The lowest BCUT2D eigenvalue weighted by molar-refractivity contribution is 0.611. The first kappa shape index (κ1) is 12.2. The molecule has 0 radical (unpaired) electrons. The topological polar surface area (TPSA) is 26.0 Å². The predicted molar refractivity (Wildman–Crippen MR) is 67.4 cm³/mol. The molecule has 17 heavy (non-hydrogen) atoms. The summed E-state index contributed by atoms with van der Waals surface area (Å²) in [7, 11) is 0. The van der Waals surface area contributed by atoms with E-state index in [4.69, 9.17) is 5.73 Å². The second-order valence-corrected chi connectivity index (χ2v) is 4.47. The predicted octanol–water partition coefficient (Wildman–Crippen LogP) is 3.85. The highest BCUT2D eigenvalue weighted by atomic mass is 79.9. The van der Waals surface area contributed by atoms with Gasteiger partial charge in [0.2, 0.25) is 0 Å². The van der Waals surface area contributed by atoms with Gasteiger partial charge in [-0.3, -0.25) is 0 Å². The van der Waals surface area contributed by atoms with Gasteiger partial charge in [0.1, 0.15) is 11.6 Å². The van der Waals surface area contributed by atoms with Crippen molar-refractivity contribution in [1.29, 1.82) is 0 Å². The van der Waals surface area contributed by atoms with Crippen LogP contribution in [0.25, 0.3) is 11.1 Å². The van der Waals surface area contributed by atoms with Crippen LogP contribution in [0, 0.1) is 11.6 Å². The van der Waals surface area contributed by atoms with E-state index in [0.717, 1.165) is 0 Å². The standard InChI is InChI=1S/C13H10BrF2N/c14-11-3-1-2-10(13(11)16)9-5-4-8(7-17)6-12(9)15/h1-6H,7,17H2. The van der Waals surface area contributed by atoms with E-state index in [0.29, 0.717) is 10.0 Å². The lowest BCUT2D eigenvalue weighted by Gasteiger charge is -2.07. The first-order chi connectivity index (χ1) is 8.13. The number of nitrogens with two attached hydrogens (primary N) is 1. The first-order valence-corrected chi connectivity index (χ1v) is 5.85. The van der Waals surface area contributed by atoms with Crippen LogP contribution in [-0.4, -0.2) is 0 Å². The maximum Gasteiger partial charge on any atom is 0.145 e. The Hall–Kier alpha value is -1.26. The minimum atomic E-state index is -0.468. The number of halogens is 3. The highest BCUT2D eigenvalue weighted by Crippen LogP contribution is 2.29. The average molecular weight is 298 g/mol. The van der Waals surface area contributed by atoms with Crippen LogP contribution in [0.2, 0.25) is 0 Å². The zero-order valence-electron chi connectivity index (χ0n) is 8.88. The Balaban J connectivity index is 2.57. The molecular formula is C13H10BrF2N. The van der Waals surface area contributed by atoms with Gasteiger partial charge in [-0.2, -0.15) is 0 Å². The molecule has 0 aliphatic carbocycles. The normalized spacial score (nSPS) is 10.6. The van der Waals surface area contributed by atoms with Crippen molar-refractivity contribution in [3.63, 3.8) is 0 Å². The van der Waals surface area contributed by atoms with Gasteiger partial charge in [0.25, 0.3) is 0 Å². The van der Waals surface area contributed by atoms with E-state index in [2.05, 4.69) is 15.9 Å². The molecule has 0 aliphatic rings. The summed E-state index contributed by atoms with van der Waals surface area (Å²) in [6.07, 6.45) is 0. The van der Waals surface area contributed by atoms with Gasteiger partial charge >= 0.3 is 0 Å². The molecule has 0 fully saturated rings. The summed E-state index contributed by atoms with van der Waals surface area (Å²) in [5.41, 5.74) is 6.57. The SMILES string of the molecule is NCc1ccc(-c2cccc(Br)c2F)c(F)c1. The van der Waals surface area contributed by atoms with Gasteiger partial charge in [0.05, 0.1) is 4.47 Å². The fraction of sp³-hybridized carbons (Fsp3) is 0.0769. The van der Waals surface area contributed by atoms with Crippen molar-refractivity contribution >= 4 is 15.9 Å². The Morgan fingerprint density at radius 1 is 1.06 bits per heavy atom. The Labute approximate surface area is 106 Å². The van der Waals surface area contributed by atoms with Crippen LogP contribution in [-0.2, 0) is 6.54 Å². The molecular weight excluding hydrogens is 288 g/mol. The minimum absolute atomic E-state index is 0.237. The average Bonchev–Trinajstić information content (AvgIpc) is 2.33. The molecule has 2 aromatic carbocycles. The van der Waals surface area contributed by atoms with Crippen molar-refractivity contribution in [1.82, 2.24) is 0 Å². The number of hydrogen-bond donors (Lipinski definition) is 1. The summed E-state index contributed by atoms with van der Waals surface area (Å²) < 4.78 is 27.9. The Kier molecular flexibility index (Phi) is 3.54. The molecule has 0 amide bonds. The number of hydrogen-bond acceptors (Lipinski definition) is 1. The van der Waals surface area contributed by atoms with Gasteiger partial charge in [-0.25, -0.2) is 8.78 Å². The van der Waals surface area contributed by atoms with Crippen molar-refractivity contribution < 1.29 is 8.78 Å². The Morgan fingerprint density at radius 2 is 1.82 bits per heavy atom. The lowest BCUT2D eigenvalue weighted by Crippen LogP contribution is -1.98. The van der Waals surface area contributed by atoms with Crippen LogP contribution in [0.4, 0.5) is 8.78 Å². The minimum Gasteiger partial charge on any atom is -0.326 e. The smallest absolute Gasteiger partial charge is 0.145 e. The summed E-state index contributed by atoms with van der Waals surface area (Å²) >= 11 is 3.08. The monoisotopic (exact) mass is 297 g/mol. The van der Waals surface area contributed by atoms with E-state index < -0.39 is 11.6 Å². The molecule has 0 atom stereocenters. The van der Waals surface area contributed by atoms with E-state index in [1.54, 1.807) is 30.3 Å². The van der Waals surface area contributed by atoms with Crippen LogP contribution in [0.5, 0.6) is 0 Å². The third kappa shape index (κ3) is 2.37. The molecule has 0 unspecified atom stereocenters. The maximum atomic E-state index is 13.8. The fourth-order valence-corrected chi connectivity index (χ4v) is 1.98. The fourth-order valence-electron chi connectivity index (χ4n) is 1.62. The maximum absolute atomic E-state index is 13.8. The van der Waals surface area contributed by atoms with Crippen molar-refractivity contribution in [2.45, 2.75) is 6.54 Å². The summed E-state index contributed by atoms with van der Waals surface area (Å²) in [5, 5.41) is 0. The first-order valence-electron chi connectivity index (χ1n) is 5.06. The molecule has 0 aromatic heterocycles. The number of rotatable bonds is 2. The second-order valence-electron chi connectivity index (χ2n) is 3.62. The Morgan fingerprint density at radius 3 is 2.47 bits per heavy atom. The third-order valence-corrected chi connectivity index (χ3v) is 3.12. The molecule has 2 N–H and O–H groups in total. The summed E-state index contributed by atoms with van der Waals surface area (Å²) in [5.74, 6) is -0.933. The molecule has 0 bridgehead atoms. The van der Waals surface area contributed by atoms with Crippen LogP contribution >= 0.6 is 15.9 Å². The largest absolute Gasteiger partial charge is 0.326 e.